The number of sulfonamides is 1. The summed E-state index contributed by atoms with van der Waals surface area (Å²) in [5.41, 5.74) is 2.23. The minimum atomic E-state index is -3.79. The fourth-order valence-electron chi connectivity index (χ4n) is 2.71. The number of hydrogen-bond donors (Lipinski definition) is 1. The van der Waals surface area contributed by atoms with Gasteiger partial charge in [-0.3, -0.25) is 13.8 Å². The van der Waals surface area contributed by atoms with Crippen molar-refractivity contribution in [2.24, 2.45) is 12.2 Å². The second-order valence-corrected chi connectivity index (χ2v) is 8.71. The normalized spacial score (nSPS) is 11.8. The molecule has 0 spiro atoms. The molecular weight excluding hydrogens is 418 g/mol. The molecule has 0 radical (unpaired) electrons. The molecule has 1 amide bonds. The summed E-state index contributed by atoms with van der Waals surface area (Å²) in [7, 11) is -0.519. The molecule has 3 rings (SSSR count). The highest BCUT2D eigenvalue weighted by Gasteiger charge is 2.21. The van der Waals surface area contributed by atoms with Gasteiger partial charge in [-0.25, -0.2) is 8.42 Å². The largest absolute Gasteiger partial charge is 0.385 e. The first kappa shape index (κ1) is 22.0. The minimum absolute atomic E-state index is 0.0583. The van der Waals surface area contributed by atoms with Gasteiger partial charge >= 0.3 is 0 Å². The van der Waals surface area contributed by atoms with Crippen LogP contribution in [0.15, 0.2) is 77.0 Å². The number of carbonyl (C=O) groups is 1. The van der Waals surface area contributed by atoms with E-state index in [0.29, 0.717) is 17.1 Å². The maximum atomic E-state index is 12.9. The van der Waals surface area contributed by atoms with Crippen LogP contribution in [0.1, 0.15) is 12.5 Å². The molecule has 0 atom stereocenters. The Bertz CT molecular complexity index is 1190. The van der Waals surface area contributed by atoms with Crippen LogP contribution in [0.4, 0.5) is 11.4 Å². The number of amides is 1. The van der Waals surface area contributed by atoms with Gasteiger partial charge in [-0.15, -0.1) is 0 Å². The van der Waals surface area contributed by atoms with E-state index in [2.05, 4.69) is 15.6 Å². The number of aromatic nitrogens is 2. The molecule has 31 heavy (non-hydrogen) atoms. The third-order valence-corrected chi connectivity index (χ3v) is 6.20. The lowest BCUT2D eigenvalue weighted by molar-refractivity contribution is -0.120. The zero-order valence-corrected chi connectivity index (χ0v) is 18.2. The molecule has 1 N–H and O–H groups in total. The van der Waals surface area contributed by atoms with Crippen molar-refractivity contribution >= 4 is 33.0 Å². The summed E-state index contributed by atoms with van der Waals surface area (Å²) in [5, 5.41) is 10.6. The fraction of sp³-hybridized carbons (Fsp3) is 0.190. The maximum Gasteiger partial charge on any atom is 0.265 e. The highest BCUT2D eigenvalue weighted by atomic mass is 32.2. The predicted molar refractivity (Wildman–Crippen MR) is 118 cm³/mol. The Morgan fingerprint density at radius 3 is 2.61 bits per heavy atom. The van der Waals surface area contributed by atoms with Crippen LogP contribution < -0.4 is 9.62 Å². The molecule has 1 aromatic heterocycles. The Balaban J connectivity index is 1.64. The first-order valence-electron chi connectivity index (χ1n) is 9.37. The number of anilines is 2. The zero-order valence-electron chi connectivity index (χ0n) is 17.4. The molecule has 2 aromatic carbocycles. The molecule has 3 aromatic rings. The lowest BCUT2D eigenvalue weighted by atomic mass is 10.2. The van der Waals surface area contributed by atoms with Gasteiger partial charge in [-0.1, -0.05) is 29.4 Å². The summed E-state index contributed by atoms with van der Waals surface area (Å²) in [6, 6.07) is 14.8. The highest BCUT2D eigenvalue weighted by molar-refractivity contribution is 7.92. The van der Waals surface area contributed by atoms with Gasteiger partial charge in [0, 0.05) is 31.5 Å². The van der Waals surface area contributed by atoms with Gasteiger partial charge in [0.15, 0.2) is 6.61 Å². The second-order valence-electron chi connectivity index (χ2n) is 6.74. The van der Waals surface area contributed by atoms with Crippen molar-refractivity contribution in [2.45, 2.75) is 11.8 Å². The van der Waals surface area contributed by atoms with Crippen molar-refractivity contribution < 1.29 is 18.0 Å². The van der Waals surface area contributed by atoms with Crippen molar-refractivity contribution in [3.05, 3.63) is 72.6 Å². The van der Waals surface area contributed by atoms with Crippen LogP contribution in [-0.4, -0.2) is 43.5 Å². The number of oxime groups is 1. The van der Waals surface area contributed by atoms with Crippen molar-refractivity contribution in [3.8, 4) is 0 Å². The van der Waals surface area contributed by atoms with Crippen molar-refractivity contribution in [1.29, 1.82) is 0 Å². The molecular formula is C21H23N5O4S. The molecule has 0 aliphatic rings. The van der Waals surface area contributed by atoms with Gasteiger partial charge in [0.05, 0.1) is 22.5 Å². The van der Waals surface area contributed by atoms with Crippen LogP contribution in [0.3, 0.4) is 0 Å². The van der Waals surface area contributed by atoms with Gasteiger partial charge in [-0.05, 0) is 37.3 Å². The van der Waals surface area contributed by atoms with Crippen LogP contribution in [0, 0.1) is 0 Å². The lowest BCUT2D eigenvalue weighted by Crippen LogP contribution is -2.26. The minimum Gasteiger partial charge on any atom is -0.385 e. The van der Waals surface area contributed by atoms with Crippen molar-refractivity contribution in [3.63, 3.8) is 0 Å². The molecule has 0 aliphatic heterocycles. The number of nitrogens with one attached hydrogen (secondary N) is 1. The van der Waals surface area contributed by atoms with Gasteiger partial charge < -0.3 is 10.2 Å². The van der Waals surface area contributed by atoms with Crippen molar-refractivity contribution in [1.82, 2.24) is 9.78 Å². The number of para-hydroxylation sites is 1. The average molecular weight is 442 g/mol. The molecule has 10 heteroatoms. The van der Waals surface area contributed by atoms with E-state index in [1.807, 2.05) is 6.07 Å². The smallest absolute Gasteiger partial charge is 0.265 e. The van der Waals surface area contributed by atoms with Crippen LogP contribution in [0.5, 0.6) is 0 Å². The van der Waals surface area contributed by atoms with E-state index in [0.717, 1.165) is 5.56 Å². The van der Waals surface area contributed by atoms with E-state index in [1.54, 1.807) is 67.4 Å². The van der Waals surface area contributed by atoms with Gasteiger partial charge in [0.2, 0.25) is 0 Å². The third kappa shape index (κ3) is 5.48. The van der Waals surface area contributed by atoms with Gasteiger partial charge in [0.25, 0.3) is 15.9 Å². The highest BCUT2D eigenvalue weighted by Crippen LogP contribution is 2.23. The van der Waals surface area contributed by atoms with E-state index >= 15 is 0 Å². The topological polar surface area (TPSA) is 106 Å². The molecule has 1 heterocycles. The summed E-state index contributed by atoms with van der Waals surface area (Å²) in [4.78, 5) is 17.3. The first-order valence-corrected chi connectivity index (χ1v) is 10.8. The summed E-state index contributed by atoms with van der Waals surface area (Å²) in [5.74, 6) is -0.464. The SMILES string of the molecule is C/C(=N\OCC(=O)Nc1cccc(S(=O)(=O)N(C)c2ccccc2)c1)c1cnn(C)c1. The number of carbonyl (C=O) groups excluding carboxylic acids is 1. The number of hydrogen-bond acceptors (Lipinski definition) is 6. The maximum absolute atomic E-state index is 12.9. The number of rotatable bonds is 8. The number of benzene rings is 2. The summed E-state index contributed by atoms with van der Waals surface area (Å²) in [6.45, 7) is 1.42. The Morgan fingerprint density at radius 1 is 1.19 bits per heavy atom. The summed E-state index contributed by atoms with van der Waals surface area (Å²) in [6.07, 6.45) is 3.42. The van der Waals surface area contributed by atoms with Gasteiger partial charge in [-0.2, -0.15) is 5.10 Å². The monoisotopic (exact) mass is 441 g/mol. The standard InChI is InChI=1S/C21H23N5O4S/c1-16(17-13-22-25(2)14-17)24-30-15-21(27)23-18-8-7-11-20(12-18)31(28,29)26(3)19-9-5-4-6-10-19/h4-14H,15H2,1-3H3,(H,23,27)/b24-16+. The first-order chi connectivity index (χ1) is 14.8. The van der Waals surface area contributed by atoms with E-state index in [1.165, 1.54) is 23.5 Å². The molecule has 0 saturated heterocycles. The van der Waals surface area contributed by atoms with Crippen LogP contribution in [0.2, 0.25) is 0 Å². The quantitative estimate of drug-likeness (QED) is 0.427. The molecule has 0 aliphatic carbocycles. The number of nitrogens with zero attached hydrogens (tertiary/aromatic N) is 4. The molecule has 0 unspecified atom stereocenters. The molecule has 0 saturated carbocycles. The summed E-state index contributed by atoms with van der Waals surface area (Å²) < 4.78 is 28.7. The second kappa shape index (κ2) is 9.43. The van der Waals surface area contributed by atoms with Crippen molar-refractivity contribution in [2.75, 3.05) is 23.3 Å². The molecule has 0 bridgehead atoms. The Hall–Kier alpha value is -3.66. The zero-order chi connectivity index (χ0) is 22.4. The Morgan fingerprint density at radius 2 is 1.94 bits per heavy atom. The predicted octanol–water partition coefficient (Wildman–Crippen LogP) is 2.62. The fourth-order valence-corrected chi connectivity index (χ4v) is 3.96. The van der Waals surface area contributed by atoms with Crippen LogP contribution in [0.25, 0.3) is 0 Å². The van der Waals surface area contributed by atoms with Gasteiger partial charge in [0.1, 0.15) is 0 Å². The molecule has 9 nitrogen and oxygen atoms in total. The molecule has 162 valence electrons. The third-order valence-electron chi connectivity index (χ3n) is 4.42. The average Bonchev–Trinajstić information content (AvgIpc) is 3.20. The Kier molecular flexibility index (Phi) is 6.71. The van der Waals surface area contributed by atoms with E-state index in [9.17, 15) is 13.2 Å². The van der Waals surface area contributed by atoms with E-state index in [-0.39, 0.29) is 11.5 Å². The number of aryl methyl sites for hydroxylation is 1. The van der Waals surface area contributed by atoms with E-state index < -0.39 is 15.9 Å². The summed E-state index contributed by atoms with van der Waals surface area (Å²) >= 11 is 0. The molecule has 0 fully saturated rings. The lowest BCUT2D eigenvalue weighted by Gasteiger charge is -2.19. The van der Waals surface area contributed by atoms with Crippen LogP contribution in [-0.2, 0) is 26.7 Å². The Labute approximate surface area is 181 Å². The van der Waals surface area contributed by atoms with E-state index in [4.69, 9.17) is 4.84 Å². The van der Waals surface area contributed by atoms with Crippen LogP contribution >= 0.6 is 0 Å².